The average Bonchev–Trinajstić information content (AvgIpc) is 3.24. The summed E-state index contributed by atoms with van der Waals surface area (Å²) in [6.45, 7) is 7.65. The molecular weight excluding hydrogens is 374 g/mol. The van der Waals surface area contributed by atoms with Gasteiger partial charge in [0.1, 0.15) is 0 Å². The predicted molar refractivity (Wildman–Crippen MR) is 119 cm³/mol. The first kappa shape index (κ1) is 21.0. The predicted octanol–water partition coefficient (Wildman–Crippen LogP) is 2.94. The zero-order valence-electron chi connectivity index (χ0n) is 18.0. The van der Waals surface area contributed by atoms with E-state index in [0.29, 0.717) is 5.92 Å². The minimum absolute atomic E-state index is 0.0313. The molecule has 1 saturated heterocycles. The van der Waals surface area contributed by atoms with Crippen molar-refractivity contribution in [3.05, 3.63) is 70.8 Å². The highest BCUT2D eigenvalue weighted by molar-refractivity contribution is 5.94. The van der Waals surface area contributed by atoms with Gasteiger partial charge in [-0.05, 0) is 54.1 Å². The molecule has 5 nitrogen and oxygen atoms in total. The van der Waals surface area contributed by atoms with E-state index < -0.39 is 0 Å². The molecule has 2 aliphatic heterocycles. The number of carbonyl (C=O) groups is 1. The zero-order chi connectivity index (χ0) is 20.8. The number of nitrogens with zero attached hydrogens (tertiary/aromatic N) is 2. The lowest BCUT2D eigenvalue weighted by Gasteiger charge is -2.28. The van der Waals surface area contributed by atoms with Crippen LogP contribution in [-0.4, -0.2) is 62.1 Å². The lowest BCUT2D eigenvalue weighted by atomic mass is 9.99. The number of hydrogen-bond donors (Lipinski definition) is 1. The van der Waals surface area contributed by atoms with E-state index in [2.05, 4.69) is 51.5 Å². The van der Waals surface area contributed by atoms with Crippen molar-refractivity contribution >= 4 is 5.91 Å². The Kier molecular flexibility index (Phi) is 7.16. The van der Waals surface area contributed by atoms with Gasteiger partial charge in [0.25, 0.3) is 5.91 Å². The van der Waals surface area contributed by atoms with Crippen LogP contribution < -0.4 is 5.32 Å². The number of rotatable bonds is 8. The van der Waals surface area contributed by atoms with Crippen LogP contribution in [0.3, 0.4) is 0 Å². The fourth-order valence-corrected chi connectivity index (χ4v) is 4.55. The maximum atomic E-state index is 12.5. The Morgan fingerprint density at radius 2 is 1.87 bits per heavy atom. The summed E-state index contributed by atoms with van der Waals surface area (Å²) in [5.41, 5.74) is 4.92. The van der Waals surface area contributed by atoms with Crippen LogP contribution >= 0.6 is 0 Å². The fourth-order valence-electron chi connectivity index (χ4n) is 4.55. The highest BCUT2D eigenvalue weighted by Gasteiger charge is 2.22. The van der Waals surface area contributed by atoms with Crippen molar-refractivity contribution in [1.29, 1.82) is 0 Å². The highest BCUT2D eigenvalue weighted by Crippen LogP contribution is 2.20. The molecule has 0 saturated carbocycles. The first-order valence-corrected chi connectivity index (χ1v) is 11.1. The van der Waals surface area contributed by atoms with E-state index >= 15 is 0 Å². The number of ether oxygens (including phenoxy) is 1. The SMILES string of the molecule is COCCN1CCC(CNC(=O)c2ccc(CN3CCc4ccccc4C3)cc2)C1. The molecule has 1 amide bonds. The van der Waals surface area contributed by atoms with Crippen LogP contribution in [0, 0.1) is 5.92 Å². The summed E-state index contributed by atoms with van der Waals surface area (Å²) in [5, 5.41) is 3.12. The van der Waals surface area contributed by atoms with E-state index in [0.717, 1.165) is 70.8 Å². The maximum absolute atomic E-state index is 12.5. The number of fused-ring (bicyclic) bond motifs is 1. The quantitative estimate of drug-likeness (QED) is 0.731. The molecule has 160 valence electrons. The molecule has 0 spiro atoms. The van der Waals surface area contributed by atoms with Crippen molar-refractivity contribution in [2.24, 2.45) is 5.92 Å². The van der Waals surface area contributed by atoms with E-state index in [4.69, 9.17) is 4.74 Å². The van der Waals surface area contributed by atoms with E-state index in [9.17, 15) is 4.79 Å². The van der Waals surface area contributed by atoms with Crippen LogP contribution in [0.5, 0.6) is 0 Å². The molecule has 2 heterocycles. The van der Waals surface area contributed by atoms with Gasteiger partial charge in [0, 0.05) is 51.9 Å². The third-order valence-electron chi connectivity index (χ3n) is 6.36. The topological polar surface area (TPSA) is 44.8 Å². The van der Waals surface area contributed by atoms with Crippen LogP contribution in [0.25, 0.3) is 0 Å². The largest absolute Gasteiger partial charge is 0.383 e. The van der Waals surface area contributed by atoms with Gasteiger partial charge in [-0.3, -0.25) is 9.69 Å². The summed E-state index contributed by atoms with van der Waals surface area (Å²) in [5.74, 6) is 0.566. The first-order valence-electron chi connectivity index (χ1n) is 11.1. The maximum Gasteiger partial charge on any atom is 0.251 e. The van der Waals surface area contributed by atoms with Gasteiger partial charge in [-0.2, -0.15) is 0 Å². The molecule has 0 aliphatic carbocycles. The van der Waals surface area contributed by atoms with Gasteiger partial charge in [-0.15, -0.1) is 0 Å². The van der Waals surface area contributed by atoms with Gasteiger partial charge in [0.15, 0.2) is 0 Å². The second kappa shape index (κ2) is 10.2. The van der Waals surface area contributed by atoms with Crippen molar-refractivity contribution in [2.75, 3.05) is 46.4 Å². The van der Waals surface area contributed by atoms with Crippen molar-refractivity contribution in [1.82, 2.24) is 15.1 Å². The molecule has 1 N–H and O–H groups in total. The Bertz CT molecular complexity index is 837. The van der Waals surface area contributed by atoms with Crippen LogP contribution in [-0.2, 0) is 24.2 Å². The molecule has 2 aromatic carbocycles. The summed E-state index contributed by atoms with van der Waals surface area (Å²) < 4.78 is 5.15. The Morgan fingerprint density at radius 1 is 1.07 bits per heavy atom. The zero-order valence-corrected chi connectivity index (χ0v) is 18.0. The number of likely N-dealkylation sites (tertiary alicyclic amines) is 1. The summed E-state index contributed by atoms with van der Waals surface area (Å²) in [4.78, 5) is 17.4. The average molecular weight is 408 g/mol. The normalized spacial score (nSPS) is 19.6. The summed E-state index contributed by atoms with van der Waals surface area (Å²) in [6.07, 6.45) is 2.25. The van der Waals surface area contributed by atoms with Crippen LogP contribution in [0.1, 0.15) is 33.5 Å². The molecule has 1 unspecified atom stereocenters. The minimum Gasteiger partial charge on any atom is -0.383 e. The molecular formula is C25H33N3O2. The Balaban J connectivity index is 1.23. The Labute approximate surface area is 180 Å². The van der Waals surface area contributed by atoms with E-state index in [1.807, 2.05) is 12.1 Å². The molecule has 0 radical (unpaired) electrons. The summed E-state index contributed by atoms with van der Waals surface area (Å²) in [6, 6.07) is 16.8. The molecule has 0 aromatic heterocycles. The number of amides is 1. The number of hydrogen-bond acceptors (Lipinski definition) is 4. The molecule has 2 aliphatic rings. The molecule has 4 rings (SSSR count). The second-order valence-corrected chi connectivity index (χ2v) is 8.58. The fraction of sp³-hybridized carbons (Fsp3) is 0.480. The summed E-state index contributed by atoms with van der Waals surface area (Å²) in [7, 11) is 1.74. The van der Waals surface area contributed by atoms with E-state index in [1.165, 1.54) is 16.7 Å². The van der Waals surface area contributed by atoms with Gasteiger partial charge in [0.05, 0.1) is 6.61 Å². The third kappa shape index (κ3) is 5.48. The number of nitrogens with one attached hydrogen (secondary N) is 1. The standard InChI is InChI=1S/C25H33N3O2/c1-30-15-14-27-12-10-21(18-27)16-26-25(29)23-8-6-20(7-9-23)17-28-13-11-22-4-2-3-5-24(22)19-28/h2-9,21H,10-19H2,1H3,(H,26,29). The molecule has 0 bridgehead atoms. The van der Waals surface area contributed by atoms with Crippen LogP contribution in [0.4, 0.5) is 0 Å². The van der Waals surface area contributed by atoms with E-state index in [-0.39, 0.29) is 5.91 Å². The van der Waals surface area contributed by atoms with Crippen LogP contribution in [0.15, 0.2) is 48.5 Å². The van der Waals surface area contributed by atoms with Gasteiger partial charge in [-0.1, -0.05) is 36.4 Å². The Morgan fingerprint density at radius 3 is 2.67 bits per heavy atom. The highest BCUT2D eigenvalue weighted by atomic mass is 16.5. The van der Waals surface area contributed by atoms with Crippen LogP contribution in [0.2, 0.25) is 0 Å². The first-order chi connectivity index (χ1) is 14.7. The number of methoxy groups -OCH3 is 1. The minimum atomic E-state index is 0.0313. The van der Waals surface area contributed by atoms with Gasteiger partial charge in [-0.25, -0.2) is 0 Å². The van der Waals surface area contributed by atoms with Crippen molar-refractivity contribution < 1.29 is 9.53 Å². The molecule has 1 atom stereocenters. The monoisotopic (exact) mass is 407 g/mol. The lowest BCUT2D eigenvalue weighted by molar-refractivity contribution is 0.0946. The Hall–Kier alpha value is -2.21. The summed E-state index contributed by atoms with van der Waals surface area (Å²) >= 11 is 0. The van der Waals surface area contributed by atoms with Crippen molar-refractivity contribution in [3.63, 3.8) is 0 Å². The van der Waals surface area contributed by atoms with Crippen molar-refractivity contribution in [3.8, 4) is 0 Å². The van der Waals surface area contributed by atoms with Gasteiger partial charge >= 0.3 is 0 Å². The van der Waals surface area contributed by atoms with Crippen molar-refractivity contribution in [2.45, 2.75) is 25.9 Å². The molecule has 5 heteroatoms. The van der Waals surface area contributed by atoms with E-state index in [1.54, 1.807) is 7.11 Å². The molecule has 30 heavy (non-hydrogen) atoms. The van der Waals surface area contributed by atoms with Gasteiger partial charge < -0.3 is 15.0 Å². The number of benzene rings is 2. The smallest absolute Gasteiger partial charge is 0.251 e. The lowest BCUT2D eigenvalue weighted by Crippen LogP contribution is -2.32. The third-order valence-corrected chi connectivity index (χ3v) is 6.36. The molecule has 1 fully saturated rings. The number of carbonyl (C=O) groups excluding carboxylic acids is 1. The second-order valence-electron chi connectivity index (χ2n) is 8.58. The molecule has 2 aromatic rings. The van der Waals surface area contributed by atoms with Gasteiger partial charge in [0.2, 0.25) is 0 Å².